The molecule has 0 fully saturated rings. The lowest BCUT2D eigenvalue weighted by Crippen LogP contribution is -2.24. The van der Waals surface area contributed by atoms with E-state index in [1.54, 1.807) is 30.3 Å². The predicted molar refractivity (Wildman–Crippen MR) is 130 cm³/mol. The molecule has 10 heteroatoms. The van der Waals surface area contributed by atoms with Gasteiger partial charge in [0.15, 0.2) is 5.75 Å². The van der Waals surface area contributed by atoms with E-state index in [-0.39, 0.29) is 18.0 Å². The highest BCUT2D eigenvalue weighted by Crippen LogP contribution is 2.28. The van der Waals surface area contributed by atoms with Crippen LogP contribution in [0.2, 0.25) is 0 Å². The number of rotatable bonds is 11. The minimum atomic E-state index is -0.637. The second-order valence-electron chi connectivity index (χ2n) is 7.23. The first-order valence-corrected chi connectivity index (χ1v) is 10.7. The molecule has 35 heavy (non-hydrogen) atoms. The first-order valence-electron chi connectivity index (χ1n) is 10.7. The molecule has 10 nitrogen and oxygen atoms in total. The van der Waals surface area contributed by atoms with E-state index in [2.05, 4.69) is 15.8 Å². The molecule has 0 aromatic heterocycles. The second kappa shape index (κ2) is 12.5. The van der Waals surface area contributed by atoms with E-state index in [1.807, 2.05) is 37.3 Å². The highest BCUT2D eigenvalue weighted by atomic mass is 16.6. The van der Waals surface area contributed by atoms with Gasteiger partial charge in [-0.1, -0.05) is 30.3 Å². The summed E-state index contributed by atoms with van der Waals surface area (Å²) in [7, 11) is 0. The fourth-order valence-electron chi connectivity index (χ4n) is 2.99. The van der Waals surface area contributed by atoms with Gasteiger partial charge in [-0.05, 0) is 48.9 Å². The van der Waals surface area contributed by atoms with Gasteiger partial charge in [-0.2, -0.15) is 5.10 Å². The van der Waals surface area contributed by atoms with Crippen LogP contribution in [0.15, 0.2) is 77.9 Å². The number of hydrogen-bond donors (Lipinski definition) is 2. The van der Waals surface area contributed by atoms with Crippen LogP contribution in [0.5, 0.6) is 11.5 Å². The average molecular weight is 476 g/mol. The minimum absolute atomic E-state index is 0.117. The molecule has 0 radical (unpaired) electrons. The summed E-state index contributed by atoms with van der Waals surface area (Å²) in [5.74, 6) is -0.362. The molecule has 0 bridgehead atoms. The summed E-state index contributed by atoms with van der Waals surface area (Å²) in [4.78, 5) is 34.9. The second-order valence-corrected chi connectivity index (χ2v) is 7.23. The van der Waals surface area contributed by atoms with Crippen molar-refractivity contribution in [1.29, 1.82) is 0 Å². The molecule has 180 valence electrons. The lowest BCUT2D eigenvalue weighted by atomic mass is 10.2. The number of nitro benzene ring substituents is 1. The van der Waals surface area contributed by atoms with Gasteiger partial charge in [0.05, 0.1) is 17.7 Å². The number of nitrogens with one attached hydrogen (secondary N) is 2. The Morgan fingerprint density at radius 3 is 2.43 bits per heavy atom. The molecule has 2 amide bonds. The quantitative estimate of drug-likeness (QED) is 0.186. The first kappa shape index (κ1) is 24.9. The number of nitro groups is 1. The third-order valence-corrected chi connectivity index (χ3v) is 4.59. The van der Waals surface area contributed by atoms with Gasteiger partial charge in [0.2, 0.25) is 11.8 Å². The van der Waals surface area contributed by atoms with E-state index in [1.165, 1.54) is 18.3 Å². The Bertz CT molecular complexity index is 1200. The van der Waals surface area contributed by atoms with E-state index < -0.39 is 23.2 Å². The summed E-state index contributed by atoms with van der Waals surface area (Å²) < 4.78 is 10.9. The number of nitrogens with zero attached hydrogens (tertiary/aromatic N) is 2. The maximum atomic E-state index is 12.0. The number of amides is 2. The molecule has 0 aliphatic carbocycles. The molecule has 3 aromatic rings. The third-order valence-electron chi connectivity index (χ3n) is 4.59. The number of carbonyl (C=O) groups is 2. The minimum Gasteiger partial charge on any atom is -0.494 e. The number of hydrazone groups is 1. The summed E-state index contributed by atoms with van der Waals surface area (Å²) in [6, 6.07) is 20.4. The molecule has 2 N–H and O–H groups in total. The van der Waals surface area contributed by atoms with Crippen LogP contribution in [0.25, 0.3) is 0 Å². The average Bonchev–Trinajstić information content (AvgIpc) is 2.85. The molecule has 0 spiro atoms. The zero-order chi connectivity index (χ0) is 25.0. The maximum Gasteiger partial charge on any atom is 0.311 e. The molecule has 0 aliphatic rings. The molecule has 0 unspecified atom stereocenters. The Balaban J connectivity index is 1.52. The Hall–Kier alpha value is -4.73. The van der Waals surface area contributed by atoms with Crippen LogP contribution in [0.3, 0.4) is 0 Å². The highest BCUT2D eigenvalue weighted by Gasteiger charge is 2.16. The van der Waals surface area contributed by atoms with Gasteiger partial charge < -0.3 is 14.8 Å². The summed E-state index contributed by atoms with van der Waals surface area (Å²) in [6.45, 7) is 2.59. The fourth-order valence-corrected chi connectivity index (χ4v) is 2.99. The fraction of sp³-hybridized carbons (Fsp3) is 0.160. The van der Waals surface area contributed by atoms with Crippen LogP contribution in [0, 0.1) is 10.1 Å². The SMILES string of the molecule is CCOc1ccc(NC(=O)CC(=O)NN=Cc2ccc(OCc3ccccc3)c([N+](=O)[O-])c2)cc1. The number of anilines is 1. The standard InChI is InChI=1S/C25H24N4O6/c1-2-34-21-11-9-20(10-12-21)27-24(30)15-25(31)28-26-16-19-8-13-23(22(14-19)29(32)33)35-17-18-6-4-3-5-7-18/h3-14,16H,2,15,17H2,1H3,(H,27,30)(H,28,31). The van der Waals surface area contributed by atoms with Gasteiger partial charge in [-0.3, -0.25) is 19.7 Å². The van der Waals surface area contributed by atoms with Crippen molar-refractivity contribution in [1.82, 2.24) is 5.43 Å². The van der Waals surface area contributed by atoms with Crippen molar-refractivity contribution in [3.63, 3.8) is 0 Å². The Labute approximate surface area is 201 Å². The van der Waals surface area contributed by atoms with Gasteiger partial charge >= 0.3 is 5.69 Å². The van der Waals surface area contributed by atoms with E-state index in [0.717, 1.165) is 5.56 Å². The monoisotopic (exact) mass is 476 g/mol. The molecule has 3 rings (SSSR count). The lowest BCUT2D eigenvalue weighted by Gasteiger charge is -2.07. The molecule has 0 heterocycles. The van der Waals surface area contributed by atoms with Crippen molar-refractivity contribution in [3.05, 3.63) is 94.0 Å². The van der Waals surface area contributed by atoms with Crippen molar-refractivity contribution in [2.45, 2.75) is 20.0 Å². The van der Waals surface area contributed by atoms with E-state index in [9.17, 15) is 19.7 Å². The molecule has 0 atom stereocenters. The predicted octanol–water partition coefficient (Wildman–Crippen LogP) is 4.05. The highest BCUT2D eigenvalue weighted by molar-refractivity contribution is 6.03. The molecule has 3 aromatic carbocycles. The zero-order valence-corrected chi connectivity index (χ0v) is 19.0. The van der Waals surface area contributed by atoms with Gasteiger partial charge in [0.25, 0.3) is 0 Å². The topological polar surface area (TPSA) is 132 Å². The number of carbonyl (C=O) groups excluding carboxylic acids is 2. The van der Waals surface area contributed by atoms with E-state index in [4.69, 9.17) is 9.47 Å². The summed E-state index contributed by atoms with van der Waals surface area (Å²) in [6.07, 6.45) is 0.799. The van der Waals surface area contributed by atoms with Crippen LogP contribution in [-0.4, -0.2) is 29.6 Å². The zero-order valence-electron chi connectivity index (χ0n) is 19.0. The van der Waals surface area contributed by atoms with E-state index in [0.29, 0.717) is 23.6 Å². The smallest absolute Gasteiger partial charge is 0.311 e. The Kier molecular flexibility index (Phi) is 8.89. The lowest BCUT2D eigenvalue weighted by molar-refractivity contribution is -0.385. The largest absolute Gasteiger partial charge is 0.494 e. The van der Waals surface area contributed by atoms with Crippen LogP contribution >= 0.6 is 0 Å². The molecule has 0 saturated carbocycles. The number of benzene rings is 3. The number of hydrogen-bond acceptors (Lipinski definition) is 7. The summed E-state index contributed by atoms with van der Waals surface area (Å²) in [5.41, 5.74) is 3.78. The van der Waals surface area contributed by atoms with Crippen LogP contribution < -0.4 is 20.2 Å². The Morgan fingerprint density at radius 1 is 1.00 bits per heavy atom. The van der Waals surface area contributed by atoms with Crippen LogP contribution in [0.4, 0.5) is 11.4 Å². The van der Waals surface area contributed by atoms with Gasteiger partial charge in [-0.25, -0.2) is 5.43 Å². The van der Waals surface area contributed by atoms with Gasteiger partial charge in [-0.15, -0.1) is 0 Å². The van der Waals surface area contributed by atoms with E-state index >= 15 is 0 Å². The van der Waals surface area contributed by atoms with Gasteiger partial charge in [0.1, 0.15) is 18.8 Å². The van der Waals surface area contributed by atoms with Crippen molar-refractivity contribution in [2.75, 3.05) is 11.9 Å². The molecular formula is C25H24N4O6. The molecule has 0 saturated heterocycles. The summed E-state index contributed by atoms with van der Waals surface area (Å²) >= 11 is 0. The van der Waals surface area contributed by atoms with Crippen molar-refractivity contribution in [2.24, 2.45) is 5.10 Å². The molecular weight excluding hydrogens is 452 g/mol. The van der Waals surface area contributed by atoms with Crippen molar-refractivity contribution < 1.29 is 24.0 Å². The van der Waals surface area contributed by atoms with Crippen molar-refractivity contribution in [3.8, 4) is 11.5 Å². The Morgan fingerprint density at radius 2 is 1.74 bits per heavy atom. The normalized spacial score (nSPS) is 10.5. The first-order chi connectivity index (χ1) is 16.9. The van der Waals surface area contributed by atoms with Gasteiger partial charge in [0, 0.05) is 17.3 Å². The van der Waals surface area contributed by atoms with Crippen LogP contribution in [0.1, 0.15) is 24.5 Å². The van der Waals surface area contributed by atoms with Crippen LogP contribution in [-0.2, 0) is 16.2 Å². The summed E-state index contributed by atoms with van der Waals surface area (Å²) in [5, 5.41) is 17.8. The third kappa shape index (κ3) is 7.97. The number of ether oxygens (including phenoxy) is 2. The molecule has 0 aliphatic heterocycles. The maximum absolute atomic E-state index is 12.0. The van der Waals surface area contributed by atoms with Crippen molar-refractivity contribution >= 4 is 29.4 Å².